The van der Waals surface area contributed by atoms with Crippen molar-refractivity contribution < 1.29 is 9.53 Å². The summed E-state index contributed by atoms with van der Waals surface area (Å²) in [5.74, 6) is 4.10. The van der Waals surface area contributed by atoms with Gasteiger partial charge in [0.1, 0.15) is 0 Å². The number of piperidine rings is 1. The Morgan fingerprint density at radius 1 is 1.25 bits per heavy atom. The van der Waals surface area contributed by atoms with Crippen molar-refractivity contribution in [1.82, 2.24) is 20.4 Å². The number of morpholine rings is 1. The van der Waals surface area contributed by atoms with E-state index in [4.69, 9.17) is 9.73 Å². The minimum atomic E-state index is 0.158. The molecule has 1 unspecified atom stereocenters. The zero-order chi connectivity index (χ0) is 19.8. The van der Waals surface area contributed by atoms with Gasteiger partial charge in [0.25, 0.3) is 0 Å². The highest BCUT2D eigenvalue weighted by Gasteiger charge is 2.40. The van der Waals surface area contributed by atoms with Crippen molar-refractivity contribution in [2.45, 2.75) is 38.1 Å². The predicted molar refractivity (Wildman–Crippen MR) is 116 cm³/mol. The van der Waals surface area contributed by atoms with Gasteiger partial charge in [-0.2, -0.15) is 11.8 Å². The molecule has 28 heavy (non-hydrogen) atoms. The monoisotopic (exact) mass is 411 g/mol. The lowest BCUT2D eigenvalue weighted by Gasteiger charge is -2.42. The molecule has 1 amide bonds. The maximum atomic E-state index is 11.7. The van der Waals surface area contributed by atoms with Crippen molar-refractivity contribution in [2.75, 3.05) is 71.0 Å². The lowest BCUT2D eigenvalue weighted by Crippen LogP contribution is -2.56. The number of hydrogen-bond donors (Lipinski definition) is 2. The summed E-state index contributed by atoms with van der Waals surface area (Å²) in [6.45, 7) is 9.58. The predicted octanol–water partition coefficient (Wildman–Crippen LogP) is 1.01. The highest BCUT2D eigenvalue weighted by atomic mass is 32.2. The molecule has 7 nitrogen and oxygen atoms in total. The first-order chi connectivity index (χ1) is 13.7. The number of nitrogens with zero attached hydrogens (tertiary/aromatic N) is 3. The molecule has 3 aliphatic heterocycles. The molecule has 8 heteroatoms. The quantitative estimate of drug-likeness (QED) is 0.502. The van der Waals surface area contributed by atoms with E-state index in [-0.39, 0.29) is 11.4 Å². The molecule has 3 aliphatic rings. The van der Waals surface area contributed by atoms with Gasteiger partial charge in [-0.1, -0.05) is 0 Å². The van der Waals surface area contributed by atoms with E-state index in [2.05, 4.69) is 39.1 Å². The molecule has 160 valence electrons. The lowest BCUT2D eigenvalue weighted by molar-refractivity contribution is -0.121. The average Bonchev–Trinajstić information content (AvgIpc) is 3.22. The van der Waals surface area contributed by atoms with E-state index in [1.807, 2.05) is 0 Å². The number of carbonyl (C=O) groups is 1. The number of rotatable bonds is 6. The van der Waals surface area contributed by atoms with E-state index in [9.17, 15) is 4.79 Å². The lowest BCUT2D eigenvalue weighted by atomic mass is 9.93. The van der Waals surface area contributed by atoms with Crippen LogP contribution in [0, 0.1) is 5.92 Å². The molecular formula is C20H37N5O2S. The fourth-order valence-corrected chi connectivity index (χ4v) is 5.94. The largest absolute Gasteiger partial charge is 0.379 e. The fourth-order valence-electron chi connectivity index (χ4n) is 4.47. The second kappa shape index (κ2) is 10.7. The van der Waals surface area contributed by atoms with Crippen LogP contribution < -0.4 is 10.6 Å². The Kier molecular flexibility index (Phi) is 8.29. The molecule has 3 saturated heterocycles. The Balaban J connectivity index is 1.61. The number of ether oxygens (including phenoxy) is 1. The third kappa shape index (κ3) is 5.54. The van der Waals surface area contributed by atoms with Gasteiger partial charge in [-0.25, -0.2) is 0 Å². The van der Waals surface area contributed by atoms with E-state index in [0.717, 1.165) is 71.3 Å². The van der Waals surface area contributed by atoms with E-state index in [1.54, 1.807) is 7.05 Å². The zero-order valence-corrected chi connectivity index (χ0v) is 18.4. The number of amides is 1. The second-order valence-corrected chi connectivity index (χ2v) is 9.21. The third-order valence-corrected chi connectivity index (χ3v) is 7.52. The average molecular weight is 412 g/mol. The highest BCUT2D eigenvalue weighted by Crippen LogP contribution is 2.34. The maximum absolute atomic E-state index is 11.7. The Morgan fingerprint density at radius 3 is 2.61 bits per heavy atom. The van der Waals surface area contributed by atoms with Crippen molar-refractivity contribution in [3.63, 3.8) is 0 Å². The van der Waals surface area contributed by atoms with Crippen LogP contribution in [0.3, 0.4) is 0 Å². The van der Waals surface area contributed by atoms with Crippen molar-refractivity contribution in [2.24, 2.45) is 10.9 Å². The number of nitrogens with one attached hydrogen (secondary N) is 2. The van der Waals surface area contributed by atoms with Crippen LogP contribution in [0.5, 0.6) is 0 Å². The number of guanidine groups is 1. The number of aliphatic imine (C=N–C) groups is 1. The Labute approximate surface area is 174 Å². The molecule has 0 radical (unpaired) electrons. The van der Waals surface area contributed by atoms with Gasteiger partial charge in [0.2, 0.25) is 5.91 Å². The number of hydrogen-bond acceptors (Lipinski definition) is 5. The van der Waals surface area contributed by atoms with Gasteiger partial charge in [0, 0.05) is 51.9 Å². The van der Waals surface area contributed by atoms with Gasteiger partial charge in [0.05, 0.1) is 25.3 Å². The number of carbonyl (C=O) groups excluding carboxylic acids is 1. The van der Waals surface area contributed by atoms with Gasteiger partial charge in [0.15, 0.2) is 5.96 Å². The van der Waals surface area contributed by atoms with Crippen LogP contribution in [0.1, 0.15) is 32.6 Å². The van der Waals surface area contributed by atoms with E-state index < -0.39 is 0 Å². The van der Waals surface area contributed by atoms with E-state index in [0.29, 0.717) is 12.3 Å². The Bertz CT molecular complexity index is 525. The Hall–Kier alpha value is -0.990. The molecule has 2 N–H and O–H groups in total. The standard InChI is InChI=1S/C20H37N5O2S/c1-3-22-19(24-7-4-17(5-8-24)14-18(26)21-2)23-15-20(6-13-28-16-20)25-9-11-27-12-10-25/h17H,3-16H2,1-2H3,(H,21,26)(H,22,23). The summed E-state index contributed by atoms with van der Waals surface area (Å²) in [5.41, 5.74) is 0.187. The van der Waals surface area contributed by atoms with Crippen LogP contribution in [0.2, 0.25) is 0 Å². The molecule has 0 bridgehead atoms. The second-order valence-electron chi connectivity index (χ2n) is 8.10. The Morgan fingerprint density at radius 2 is 2.00 bits per heavy atom. The van der Waals surface area contributed by atoms with Gasteiger partial charge in [-0.15, -0.1) is 0 Å². The molecule has 1 atom stereocenters. The van der Waals surface area contributed by atoms with Crippen molar-refractivity contribution in [3.8, 4) is 0 Å². The molecule has 0 aliphatic carbocycles. The molecule has 0 aromatic rings. The van der Waals surface area contributed by atoms with Gasteiger partial charge >= 0.3 is 0 Å². The van der Waals surface area contributed by atoms with Gasteiger partial charge in [-0.3, -0.25) is 14.7 Å². The summed E-state index contributed by atoms with van der Waals surface area (Å²) < 4.78 is 5.58. The third-order valence-electron chi connectivity index (χ3n) is 6.29. The summed E-state index contributed by atoms with van der Waals surface area (Å²) in [5, 5.41) is 6.26. The first kappa shape index (κ1) is 21.7. The summed E-state index contributed by atoms with van der Waals surface area (Å²) >= 11 is 2.06. The molecule has 0 aromatic heterocycles. The summed E-state index contributed by atoms with van der Waals surface area (Å²) in [6.07, 6.45) is 3.98. The smallest absolute Gasteiger partial charge is 0.220 e. The topological polar surface area (TPSA) is 69.2 Å². The van der Waals surface area contributed by atoms with Crippen molar-refractivity contribution in [3.05, 3.63) is 0 Å². The minimum Gasteiger partial charge on any atom is -0.379 e. The van der Waals surface area contributed by atoms with Gasteiger partial charge in [-0.05, 0) is 37.9 Å². The highest BCUT2D eigenvalue weighted by molar-refractivity contribution is 7.99. The molecule has 3 rings (SSSR count). The molecule has 0 aromatic carbocycles. The first-order valence-corrected chi connectivity index (χ1v) is 12.0. The van der Waals surface area contributed by atoms with E-state index >= 15 is 0 Å². The van der Waals surface area contributed by atoms with Crippen LogP contribution in [-0.4, -0.2) is 98.2 Å². The van der Waals surface area contributed by atoms with Crippen LogP contribution in [0.15, 0.2) is 4.99 Å². The van der Waals surface area contributed by atoms with Crippen LogP contribution >= 0.6 is 11.8 Å². The zero-order valence-electron chi connectivity index (χ0n) is 17.5. The molecular weight excluding hydrogens is 374 g/mol. The molecule has 0 saturated carbocycles. The number of likely N-dealkylation sites (tertiary alicyclic amines) is 1. The SMILES string of the molecule is CCNC(=NCC1(N2CCOCC2)CCSC1)N1CCC(CC(=O)NC)CC1. The van der Waals surface area contributed by atoms with Crippen molar-refractivity contribution in [1.29, 1.82) is 0 Å². The fraction of sp³-hybridized carbons (Fsp3) is 0.900. The summed E-state index contributed by atoms with van der Waals surface area (Å²) in [4.78, 5) is 21.8. The van der Waals surface area contributed by atoms with Crippen LogP contribution in [0.4, 0.5) is 0 Å². The number of thioether (sulfide) groups is 1. The van der Waals surface area contributed by atoms with Crippen molar-refractivity contribution >= 4 is 23.6 Å². The van der Waals surface area contributed by atoms with E-state index in [1.165, 1.54) is 17.9 Å². The maximum Gasteiger partial charge on any atom is 0.220 e. The minimum absolute atomic E-state index is 0.158. The summed E-state index contributed by atoms with van der Waals surface area (Å²) in [7, 11) is 1.72. The molecule has 0 spiro atoms. The normalized spacial score (nSPS) is 27.8. The van der Waals surface area contributed by atoms with Gasteiger partial charge < -0.3 is 20.3 Å². The molecule has 3 heterocycles. The van der Waals surface area contributed by atoms with Crippen LogP contribution in [-0.2, 0) is 9.53 Å². The first-order valence-electron chi connectivity index (χ1n) is 10.8. The summed E-state index contributed by atoms with van der Waals surface area (Å²) in [6, 6.07) is 0. The molecule has 3 fully saturated rings. The van der Waals surface area contributed by atoms with Crippen LogP contribution in [0.25, 0.3) is 0 Å².